The second-order valence-electron chi connectivity index (χ2n) is 9.03. The van der Waals surface area contributed by atoms with E-state index in [1.54, 1.807) is 43.5 Å². The van der Waals surface area contributed by atoms with Crippen molar-refractivity contribution in [3.05, 3.63) is 84.4 Å². The third-order valence-electron chi connectivity index (χ3n) is 6.11. The van der Waals surface area contributed by atoms with E-state index >= 15 is 0 Å². The maximum Gasteiger partial charge on any atom is 0.319 e. The van der Waals surface area contributed by atoms with Gasteiger partial charge in [0.25, 0.3) is 0 Å². The molecule has 40 heavy (non-hydrogen) atoms. The second-order valence-corrected chi connectivity index (χ2v) is 9.03. The van der Waals surface area contributed by atoms with Gasteiger partial charge in [-0.25, -0.2) is 4.79 Å². The lowest BCUT2D eigenvalue weighted by molar-refractivity contribution is -0.138. The van der Waals surface area contributed by atoms with Gasteiger partial charge in [-0.15, -0.1) is 0 Å². The Bertz CT molecular complexity index is 1280. The number of rotatable bonds is 14. The van der Waals surface area contributed by atoms with E-state index in [0.717, 1.165) is 11.1 Å². The van der Waals surface area contributed by atoms with Crippen molar-refractivity contribution in [2.75, 3.05) is 32.1 Å². The topological polar surface area (TPSA) is 146 Å². The first-order valence-electron chi connectivity index (χ1n) is 13.0. The number of urea groups is 1. The van der Waals surface area contributed by atoms with Gasteiger partial charge in [0.1, 0.15) is 5.75 Å². The van der Waals surface area contributed by atoms with Gasteiger partial charge in [-0.2, -0.15) is 0 Å². The summed E-state index contributed by atoms with van der Waals surface area (Å²) in [6.45, 7) is 0.0317. The molecular formula is C30H34N4O6. The number of benzene rings is 3. The SMILES string of the molecule is COc1cccc(NC(=O)NCCCCC(=O)NCC(=O)NCC(C(=O)O)c2ccc(-c3ccccc3)cc2)c1. The van der Waals surface area contributed by atoms with Crippen LogP contribution in [0.25, 0.3) is 11.1 Å². The quantitative estimate of drug-likeness (QED) is 0.195. The highest BCUT2D eigenvalue weighted by Gasteiger charge is 2.21. The molecule has 5 N–H and O–H groups in total. The van der Waals surface area contributed by atoms with E-state index in [0.29, 0.717) is 36.4 Å². The molecule has 0 aliphatic rings. The van der Waals surface area contributed by atoms with Crippen LogP contribution in [0, 0.1) is 0 Å². The lowest BCUT2D eigenvalue weighted by Gasteiger charge is -2.15. The fourth-order valence-corrected chi connectivity index (χ4v) is 3.92. The predicted octanol–water partition coefficient (Wildman–Crippen LogP) is 3.75. The van der Waals surface area contributed by atoms with Crippen LogP contribution in [0.4, 0.5) is 10.5 Å². The molecule has 0 saturated heterocycles. The minimum Gasteiger partial charge on any atom is -0.497 e. The molecule has 0 aromatic heterocycles. The van der Waals surface area contributed by atoms with Crippen molar-refractivity contribution in [2.24, 2.45) is 0 Å². The number of nitrogens with one attached hydrogen (secondary N) is 4. The van der Waals surface area contributed by atoms with Crippen molar-refractivity contribution in [2.45, 2.75) is 25.2 Å². The molecule has 1 atom stereocenters. The molecular weight excluding hydrogens is 512 g/mol. The monoisotopic (exact) mass is 546 g/mol. The van der Waals surface area contributed by atoms with Crippen molar-refractivity contribution in [3.63, 3.8) is 0 Å². The average molecular weight is 547 g/mol. The first-order chi connectivity index (χ1) is 19.4. The average Bonchev–Trinajstić information content (AvgIpc) is 2.96. The minimum absolute atomic E-state index is 0.0990. The van der Waals surface area contributed by atoms with Crippen molar-refractivity contribution >= 4 is 29.5 Å². The van der Waals surface area contributed by atoms with Gasteiger partial charge in [-0.3, -0.25) is 14.4 Å². The molecule has 0 aliphatic carbocycles. The highest BCUT2D eigenvalue weighted by Crippen LogP contribution is 2.23. The largest absolute Gasteiger partial charge is 0.497 e. The Morgan fingerprint density at radius 2 is 1.52 bits per heavy atom. The predicted molar refractivity (Wildman–Crippen MR) is 152 cm³/mol. The number of hydrogen-bond donors (Lipinski definition) is 5. The summed E-state index contributed by atoms with van der Waals surface area (Å²) in [5.74, 6) is -2.12. The molecule has 0 aliphatic heterocycles. The lowest BCUT2D eigenvalue weighted by Crippen LogP contribution is -2.39. The molecule has 10 heteroatoms. The summed E-state index contributed by atoms with van der Waals surface area (Å²) in [4.78, 5) is 48.1. The summed E-state index contributed by atoms with van der Waals surface area (Å²) in [5, 5.41) is 20.2. The molecule has 0 heterocycles. The van der Waals surface area contributed by atoms with Crippen LogP contribution >= 0.6 is 0 Å². The van der Waals surface area contributed by atoms with Gasteiger partial charge in [-0.1, -0.05) is 60.7 Å². The number of carbonyl (C=O) groups excluding carboxylic acids is 3. The van der Waals surface area contributed by atoms with Crippen molar-refractivity contribution in [1.82, 2.24) is 16.0 Å². The van der Waals surface area contributed by atoms with Crippen molar-refractivity contribution in [3.8, 4) is 16.9 Å². The van der Waals surface area contributed by atoms with Crippen molar-refractivity contribution < 1.29 is 29.0 Å². The smallest absolute Gasteiger partial charge is 0.319 e. The van der Waals surface area contributed by atoms with Gasteiger partial charge in [0.2, 0.25) is 11.8 Å². The molecule has 3 rings (SSSR count). The Hall–Kier alpha value is -4.86. The van der Waals surface area contributed by atoms with E-state index in [2.05, 4.69) is 21.3 Å². The number of ether oxygens (including phenoxy) is 1. The molecule has 4 amide bonds. The lowest BCUT2D eigenvalue weighted by atomic mass is 9.96. The second kappa shape index (κ2) is 15.5. The molecule has 0 spiro atoms. The molecule has 3 aromatic rings. The van der Waals surface area contributed by atoms with Gasteiger partial charge in [0.15, 0.2) is 0 Å². The van der Waals surface area contributed by atoms with Crippen LogP contribution in [0.2, 0.25) is 0 Å². The van der Waals surface area contributed by atoms with Crippen LogP contribution in [0.15, 0.2) is 78.9 Å². The number of aliphatic carboxylic acids is 1. The van der Waals surface area contributed by atoms with Gasteiger partial charge in [-0.05, 0) is 41.7 Å². The fourth-order valence-electron chi connectivity index (χ4n) is 3.92. The Morgan fingerprint density at radius 1 is 0.800 bits per heavy atom. The number of unbranched alkanes of at least 4 members (excludes halogenated alkanes) is 1. The summed E-state index contributed by atoms with van der Waals surface area (Å²) in [7, 11) is 1.55. The van der Waals surface area contributed by atoms with Gasteiger partial charge in [0, 0.05) is 31.3 Å². The van der Waals surface area contributed by atoms with Crippen molar-refractivity contribution in [1.29, 1.82) is 0 Å². The molecule has 210 valence electrons. The van der Waals surface area contributed by atoms with Crippen LogP contribution < -0.4 is 26.0 Å². The first-order valence-corrected chi connectivity index (χ1v) is 13.0. The summed E-state index contributed by atoms with van der Waals surface area (Å²) < 4.78 is 5.12. The zero-order valence-electron chi connectivity index (χ0n) is 22.3. The third kappa shape index (κ3) is 9.79. The number of anilines is 1. The fraction of sp³-hybridized carbons (Fsp3) is 0.267. The highest BCUT2D eigenvalue weighted by atomic mass is 16.5. The molecule has 1 unspecified atom stereocenters. The summed E-state index contributed by atoms with van der Waals surface area (Å²) in [6.07, 6.45) is 1.29. The summed E-state index contributed by atoms with van der Waals surface area (Å²) >= 11 is 0. The number of carboxylic acids is 1. The summed E-state index contributed by atoms with van der Waals surface area (Å²) in [5.41, 5.74) is 3.16. The Kier molecular flexibility index (Phi) is 11.5. The number of carboxylic acid groups (broad SMARTS) is 1. The van der Waals surface area contributed by atoms with Gasteiger partial charge < -0.3 is 31.1 Å². The normalized spacial score (nSPS) is 11.1. The van der Waals surface area contributed by atoms with Crippen LogP contribution in [0.5, 0.6) is 5.75 Å². The van der Waals surface area contributed by atoms with E-state index in [4.69, 9.17) is 4.74 Å². The highest BCUT2D eigenvalue weighted by molar-refractivity contribution is 5.89. The summed E-state index contributed by atoms with van der Waals surface area (Å²) in [6, 6.07) is 23.5. The maximum atomic E-state index is 12.2. The molecule has 0 fully saturated rings. The van der Waals surface area contributed by atoms with E-state index in [9.17, 15) is 24.3 Å². The molecule has 3 aromatic carbocycles. The standard InChI is InChI=1S/C30H34N4O6/c1-40-25-11-7-10-24(18-25)34-30(39)31-17-6-5-12-27(35)33-20-28(36)32-19-26(29(37)38)23-15-13-22(14-16-23)21-8-3-2-4-9-21/h2-4,7-11,13-16,18,26H,5-6,12,17,19-20H2,1H3,(H,32,36)(H,33,35)(H,37,38)(H2,31,34,39). The van der Waals surface area contributed by atoms with E-state index in [1.165, 1.54) is 0 Å². The maximum absolute atomic E-state index is 12.2. The van der Waals surface area contributed by atoms with Gasteiger partial charge >= 0.3 is 12.0 Å². The number of methoxy groups -OCH3 is 1. The number of hydrogen-bond acceptors (Lipinski definition) is 5. The van der Waals surface area contributed by atoms with Crippen LogP contribution in [0.1, 0.15) is 30.7 Å². The zero-order valence-corrected chi connectivity index (χ0v) is 22.3. The van der Waals surface area contributed by atoms with E-state index in [1.807, 2.05) is 42.5 Å². The van der Waals surface area contributed by atoms with Crippen LogP contribution in [0.3, 0.4) is 0 Å². The third-order valence-corrected chi connectivity index (χ3v) is 6.11. The van der Waals surface area contributed by atoms with Crippen LogP contribution in [-0.4, -0.2) is 55.7 Å². The molecule has 0 saturated carbocycles. The van der Waals surface area contributed by atoms with E-state index < -0.39 is 17.8 Å². The number of amides is 4. The Labute approximate surface area is 233 Å². The van der Waals surface area contributed by atoms with Crippen LogP contribution in [-0.2, 0) is 14.4 Å². The Balaban J connectivity index is 1.31. The molecule has 0 radical (unpaired) electrons. The minimum atomic E-state index is -1.05. The molecule has 10 nitrogen and oxygen atoms in total. The number of carbonyl (C=O) groups is 4. The Morgan fingerprint density at radius 3 is 2.23 bits per heavy atom. The zero-order chi connectivity index (χ0) is 28.7. The molecule has 0 bridgehead atoms. The van der Waals surface area contributed by atoms with Gasteiger partial charge in [0.05, 0.1) is 19.6 Å². The van der Waals surface area contributed by atoms with E-state index in [-0.39, 0.29) is 31.4 Å². The first kappa shape index (κ1) is 29.7.